The lowest BCUT2D eigenvalue weighted by Crippen LogP contribution is -2.54. The first-order chi connectivity index (χ1) is 13.3. The van der Waals surface area contributed by atoms with Gasteiger partial charge in [-0.3, -0.25) is 4.79 Å². The first-order valence-corrected chi connectivity index (χ1v) is 11.9. The van der Waals surface area contributed by atoms with Crippen LogP contribution in [0.2, 0.25) is 0 Å². The molecular weight excluding hydrogens is 370 g/mol. The third kappa shape index (κ3) is 2.69. The van der Waals surface area contributed by atoms with E-state index >= 15 is 0 Å². The predicted molar refractivity (Wildman–Crippen MR) is 113 cm³/mol. The van der Waals surface area contributed by atoms with Crippen molar-refractivity contribution in [2.45, 2.75) is 83.5 Å². The van der Waals surface area contributed by atoms with E-state index in [-0.39, 0.29) is 17.5 Å². The van der Waals surface area contributed by atoms with E-state index in [9.17, 15) is 4.79 Å². The molecule has 8 atom stereocenters. The summed E-state index contributed by atoms with van der Waals surface area (Å²) in [5.41, 5.74) is 7.91. The number of carbonyl (C=O) groups excluding carboxylic acids is 1. The molecule has 28 heavy (non-hydrogen) atoms. The number of esters is 1. The smallest absolute Gasteiger partial charge is 0.302 e. The van der Waals surface area contributed by atoms with E-state index in [1.807, 2.05) is 0 Å². The van der Waals surface area contributed by atoms with Gasteiger partial charge in [0.05, 0.1) is 11.0 Å². The Bertz CT molecular complexity index is 752. The molecule has 0 spiro atoms. The zero-order valence-corrected chi connectivity index (χ0v) is 18.1. The molecule has 5 aliphatic rings. The molecule has 4 fully saturated rings. The van der Waals surface area contributed by atoms with Crippen molar-refractivity contribution in [2.75, 3.05) is 0 Å². The molecule has 0 radical (unpaired) electrons. The number of fused-ring (bicyclic) bond motifs is 7. The summed E-state index contributed by atoms with van der Waals surface area (Å²) in [6.07, 6.45) is 9.80. The molecule has 1 heterocycles. The van der Waals surface area contributed by atoms with E-state index < -0.39 is 0 Å². The number of nitrogens with zero attached hydrogens (tertiary/aromatic N) is 2. The van der Waals surface area contributed by atoms with Crippen LogP contribution < -0.4 is 5.73 Å². The largest absolute Gasteiger partial charge is 0.463 e. The monoisotopic (exact) mass is 403 g/mol. The second kappa shape index (κ2) is 6.48. The Labute approximate surface area is 172 Å². The minimum atomic E-state index is -0.121. The van der Waals surface area contributed by atoms with E-state index in [0.717, 1.165) is 24.7 Å². The van der Waals surface area contributed by atoms with E-state index in [0.29, 0.717) is 27.7 Å². The summed E-state index contributed by atoms with van der Waals surface area (Å²) < 4.78 is 5.60. The standard InChI is InChI=1S/C22H33N3O2S/c1-12(26)27-14-6-8-21(2)13(10-14)4-5-15-16(21)7-9-22(3)17(15)11-18-19(22)24-25-20(23)28-18/h13-18H,4-11H2,1-3H3,(H2,23,25)/t13-,14-,15+,16-,17-,18?,21-,22-/m0/s1. The first-order valence-electron chi connectivity index (χ1n) is 11.1. The zero-order chi connectivity index (χ0) is 19.7. The number of rotatable bonds is 1. The van der Waals surface area contributed by atoms with E-state index in [4.69, 9.17) is 10.5 Å². The van der Waals surface area contributed by atoms with Crippen LogP contribution in [-0.4, -0.2) is 28.2 Å². The number of hydrogen-bond donors (Lipinski definition) is 1. The molecular formula is C22H33N3O2S. The highest BCUT2D eigenvalue weighted by Gasteiger charge is 2.62. The fraction of sp³-hybridized carbons (Fsp3) is 0.864. The normalized spacial score (nSPS) is 49.7. The van der Waals surface area contributed by atoms with Crippen molar-refractivity contribution in [3.63, 3.8) is 0 Å². The highest BCUT2D eigenvalue weighted by molar-refractivity contribution is 8.15. The van der Waals surface area contributed by atoms with Crippen LogP contribution in [0.4, 0.5) is 0 Å². The van der Waals surface area contributed by atoms with Gasteiger partial charge in [-0.05, 0) is 80.5 Å². The van der Waals surface area contributed by atoms with Gasteiger partial charge in [0.2, 0.25) is 0 Å². The summed E-state index contributed by atoms with van der Waals surface area (Å²) in [6.45, 7) is 6.55. The maximum atomic E-state index is 11.4. The molecule has 0 aromatic rings. The van der Waals surface area contributed by atoms with Gasteiger partial charge in [0.25, 0.3) is 0 Å². The van der Waals surface area contributed by atoms with Crippen molar-refractivity contribution in [3.8, 4) is 0 Å². The van der Waals surface area contributed by atoms with Crippen LogP contribution in [0, 0.1) is 34.5 Å². The van der Waals surface area contributed by atoms with Crippen LogP contribution in [-0.2, 0) is 9.53 Å². The Morgan fingerprint density at radius 3 is 2.71 bits per heavy atom. The van der Waals surface area contributed by atoms with Gasteiger partial charge < -0.3 is 10.5 Å². The molecule has 4 saturated carbocycles. The topological polar surface area (TPSA) is 77.0 Å². The lowest BCUT2D eigenvalue weighted by molar-refractivity contribution is -0.158. The highest BCUT2D eigenvalue weighted by atomic mass is 32.2. The summed E-state index contributed by atoms with van der Waals surface area (Å²) in [7, 11) is 0. The van der Waals surface area contributed by atoms with Crippen LogP contribution in [0.3, 0.4) is 0 Å². The van der Waals surface area contributed by atoms with Gasteiger partial charge in [-0.25, -0.2) is 0 Å². The summed E-state index contributed by atoms with van der Waals surface area (Å²) in [4.78, 5) is 11.4. The fourth-order valence-corrected chi connectivity index (χ4v) is 9.01. The molecule has 1 aliphatic heterocycles. The Kier molecular flexibility index (Phi) is 4.39. The average Bonchev–Trinajstić information content (AvgIpc) is 2.93. The fourth-order valence-electron chi connectivity index (χ4n) is 7.90. The molecule has 5 rings (SSSR count). The molecule has 0 saturated heterocycles. The van der Waals surface area contributed by atoms with Crippen LogP contribution in [0.1, 0.15) is 72.1 Å². The van der Waals surface area contributed by atoms with Crippen molar-refractivity contribution in [1.82, 2.24) is 0 Å². The predicted octanol–water partition coefficient (Wildman–Crippen LogP) is 4.36. The molecule has 1 unspecified atom stereocenters. The lowest BCUT2D eigenvalue weighted by atomic mass is 9.45. The molecule has 4 aliphatic carbocycles. The maximum Gasteiger partial charge on any atom is 0.302 e. The van der Waals surface area contributed by atoms with Gasteiger partial charge >= 0.3 is 5.97 Å². The van der Waals surface area contributed by atoms with Crippen molar-refractivity contribution >= 4 is 28.6 Å². The second-order valence-electron chi connectivity index (χ2n) is 10.4. The van der Waals surface area contributed by atoms with E-state index in [1.165, 1.54) is 44.2 Å². The number of thioether (sulfide) groups is 1. The molecule has 0 aromatic heterocycles. The zero-order valence-electron chi connectivity index (χ0n) is 17.3. The third-order valence-electron chi connectivity index (χ3n) is 9.22. The Hall–Kier alpha value is -1.04. The van der Waals surface area contributed by atoms with E-state index in [2.05, 4.69) is 24.1 Å². The number of nitrogens with two attached hydrogens (primary N) is 1. The molecule has 5 nitrogen and oxygen atoms in total. The second-order valence-corrected chi connectivity index (χ2v) is 11.6. The van der Waals surface area contributed by atoms with Crippen molar-refractivity contribution in [1.29, 1.82) is 0 Å². The number of hydrogen-bond acceptors (Lipinski definition) is 6. The minimum Gasteiger partial charge on any atom is -0.463 e. The highest BCUT2D eigenvalue weighted by Crippen LogP contribution is 2.66. The Morgan fingerprint density at radius 1 is 1.11 bits per heavy atom. The number of ether oxygens (including phenoxy) is 1. The minimum absolute atomic E-state index is 0.121. The molecule has 154 valence electrons. The van der Waals surface area contributed by atoms with Gasteiger partial charge in [-0.15, -0.1) is 5.10 Å². The summed E-state index contributed by atoms with van der Waals surface area (Å²) in [5.74, 6) is 2.88. The van der Waals surface area contributed by atoms with Gasteiger partial charge in [0.1, 0.15) is 6.10 Å². The van der Waals surface area contributed by atoms with Crippen molar-refractivity contribution in [3.05, 3.63) is 0 Å². The molecule has 0 aromatic carbocycles. The van der Waals surface area contributed by atoms with Gasteiger partial charge in [0.15, 0.2) is 5.17 Å². The maximum absolute atomic E-state index is 11.4. The number of amidine groups is 1. The quantitative estimate of drug-likeness (QED) is 0.660. The SMILES string of the molecule is CC(=O)O[C@H]1CC[C@@]2(C)[C@@H](CC[C@@H]3[C@@H]2CC[C@]2(C)C4=NN=C(N)SC4C[C@@H]32)C1. The summed E-state index contributed by atoms with van der Waals surface area (Å²) in [6, 6.07) is 0. The molecule has 6 heteroatoms. The lowest BCUT2D eigenvalue weighted by Gasteiger charge is -2.60. The molecule has 0 bridgehead atoms. The van der Waals surface area contributed by atoms with Gasteiger partial charge in [0, 0.05) is 12.3 Å². The first kappa shape index (κ1) is 19.0. The third-order valence-corrected chi connectivity index (χ3v) is 10.2. The summed E-state index contributed by atoms with van der Waals surface area (Å²) >= 11 is 1.74. The van der Waals surface area contributed by atoms with Crippen molar-refractivity contribution in [2.24, 2.45) is 50.4 Å². The Balaban J connectivity index is 1.38. The molecule has 0 amide bonds. The van der Waals surface area contributed by atoms with Crippen LogP contribution in [0.5, 0.6) is 0 Å². The Morgan fingerprint density at radius 2 is 1.93 bits per heavy atom. The van der Waals surface area contributed by atoms with E-state index in [1.54, 1.807) is 18.7 Å². The van der Waals surface area contributed by atoms with Gasteiger partial charge in [-0.2, -0.15) is 5.10 Å². The molecule has 2 N–H and O–H groups in total. The van der Waals surface area contributed by atoms with Crippen LogP contribution in [0.15, 0.2) is 10.2 Å². The van der Waals surface area contributed by atoms with Crippen molar-refractivity contribution < 1.29 is 9.53 Å². The van der Waals surface area contributed by atoms with Crippen LogP contribution >= 0.6 is 11.8 Å². The summed E-state index contributed by atoms with van der Waals surface area (Å²) in [5, 5.41) is 9.91. The number of carbonyl (C=O) groups is 1. The van der Waals surface area contributed by atoms with Gasteiger partial charge in [-0.1, -0.05) is 25.6 Å². The average molecular weight is 404 g/mol. The van der Waals surface area contributed by atoms with Crippen LogP contribution in [0.25, 0.3) is 0 Å².